The number of nitrogens with zero attached hydrogens (tertiary/aromatic N) is 2. The van der Waals surface area contributed by atoms with Crippen LogP contribution in [0.4, 0.5) is 0 Å². The summed E-state index contributed by atoms with van der Waals surface area (Å²) in [4.78, 5) is 4.98. The molecule has 1 aliphatic rings. The zero-order chi connectivity index (χ0) is 12.0. The van der Waals surface area contributed by atoms with Crippen molar-refractivity contribution in [2.24, 2.45) is 0 Å². The molecule has 0 amide bonds. The van der Waals surface area contributed by atoms with Crippen LogP contribution in [0.2, 0.25) is 0 Å². The Hall–Kier alpha value is -0.120. The third kappa shape index (κ3) is 4.40. The summed E-state index contributed by atoms with van der Waals surface area (Å²) < 4.78 is 0. The molecule has 16 heavy (non-hydrogen) atoms. The standard InChI is InChI=1S/C13H29N3/c1-5-6-7-12(14-2)10-13-11-15(3)8-9-16(13)4/h12-14H,5-11H2,1-4H3. The van der Waals surface area contributed by atoms with Crippen LogP contribution >= 0.6 is 0 Å². The van der Waals surface area contributed by atoms with Gasteiger partial charge in [-0.05, 0) is 34.0 Å². The maximum atomic E-state index is 3.47. The van der Waals surface area contributed by atoms with Crippen LogP contribution in [0.3, 0.4) is 0 Å². The van der Waals surface area contributed by atoms with E-state index in [1.807, 2.05) is 0 Å². The van der Waals surface area contributed by atoms with Gasteiger partial charge < -0.3 is 15.1 Å². The molecule has 0 aliphatic carbocycles. The van der Waals surface area contributed by atoms with Crippen molar-refractivity contribution in [3.05, 3.63) is 0 Å². The van der Waals surface area contributed by atoms with E-state index >= 15 is 0 Å². The fourth-order valence-corrected chi connectivity index (χ4v) is 2.51. The van der Waals surface area contributed by atoms with Gasteiger partial charge in [0.25, 0.3) is 0 Å². The first kappa shape index (κ1) is 13.9. The summed E-state index contributed by atoms with van der Waals surface area (Å²) in [7, 11) is 6.61. The van der Waals surface area contributed by atoms with E-state index in [9.17, 15) is 0 Å². The van der Waals surface area contributed by atoms with Crippen LogP contribution < -0.4 is 5.32 Å². The Labute approximate surface area is 101 Å². The Morgan fingerprint density at radius 1 is 1.31 bits per heavy atom. The van der Waals surface area contributed by atoms with Crippen molar-refractivity contribution in [3.8, 4) is 0 Å². The van der Waals surface area contributed by atoms with E-state index in [1.165, 1.54) is 45.3 Å². The highest BCUT2D eigenvalue weighted by Gasteiger charge is 2.24. The SMILES string of the molecule is CCCCC(CC1CN(C)CCN1C)NC. The van der Waals surface area contributed by atoms with Crippen molar-refractivity contribution in [2.45, 2.75) is 44.7 Å². The van der Waals surface area contributed by atoms with Crippen molar-refractivity contribution < 1.29 is 0 Å². The predicted octanol–water partition coefficient (Wildman–Crippen LogP) is 1.40. The van der Waals surface area contributed by atoms with Crippen LogP contribution in [0.5, 0.6) is 0 Å². The first-order valence-electron chi connectivity index (χ1n) is 6.73. The summed E-state index contributed by atoms with van der Waals surface area (Å²) in [6.07, 6.45) is 5.26. The normalized spacial score (nSPS) is 25.9. The second-order valence-corrected chi connectivity index (χ2v) is 5.26. The maximum Gasteiger partial charge on any atom is 0.0235 e. The van der Waals surface area contributed by atoms with E-state index in [1.54, 1.807) is 0 Å². The van der Waals surface area contributed by atoms with Gasteiger partial charge in [-0.15, -0.1) is 0 Å². The van der Waals surface area contributed by atoms with Gasteiger partial charge >= 0.3 is 0 Å². The lowest BCUT2D eigenvalue weighted by Gasteiger charge is -2.39. The van der Waals surface area contributed by atoms with Gasteiger partial charge in [-0.1, -0.05) is 19.8 Å². The number of hydrogen-bond acceptors (Lipinski definition) is 3. The number of likely N-dealkylation sites (N-methyl/N-ethyl adjacent to an activating group) is 2. The molecule has 1 saturated heterocycles. The first-order valence-corrected chi connectivity index (χ1v) is 6.73. The van der Waals surface area contributed by atoms with Crippen molar-refractivity contribution in [2.75, 3.05) is 40.8 Å². The Morgan fingerprint density at radius 2 is 2.06 bits per heavy atom. The monoisotopic (exact) mass is 227 g/mol. The Morgan fingerprint density at radius 3 is 2.69 bits per heavy atom. The predicted molar refractivity (Wildman–Crippen MR) is 70.9 cm³/mol. The van der Waals surface area contributed by atoms with Crippen molar-refractivity contribution >= 4 is 0 Å². The number of hydrogen-bond donors (Lipinski definition) is 1. The van der Waals surface area contributed by atoms with Crippen molar-refractivity contribution in [3.63, 3.8) is 0 Å². The van der Waals surface area contributed by atoms with Gasteiger partial charge in [0.15, 0.2) is 0 Å². The highest BCUT2D eigenvalue weighted by Crippen LogP contribution is 2.14. The number of nitrogens with one attached hydrogen (secondary N) is 1. The molecule has 0 aromatic rings. The molecule has 0 bridgehead atoms. The lowest BCUT2D eigenvalue weighted by atomic mass is 9.99. The zero-order valence-corrected chi connectivity index (χ0v) is 11.5. The van der Waals surface area contributed by atoms with E-state index in [2.05, 4.69) is 43.2 Å². The fourth-order valence-electron chi connectivity index (χ4n) is 2.51. The number of piperazine rings is 1. The van der Waals surface area contributed by atoms with Gasteiger partial charge in [-0.2, -0.15) is 0 Å². The molecule has 0 aromatic heterocycles. The van der Waals surface area contributed by atoms with E-state index in [-0.39, 0.29) is 0 Å². The summed E-state index contributed by atoms with van der Waals surface area (Å²) in [5.74, 6) is 0. The minimum Gasteiger partial charge on any atom is -0.317 e. The molecule has 2 atom stereocenters. The average Bonchev–Trinajstić information content (AvgIpc) is 2.28. The van der Waals surface area contributed by atoms with Gasteiger partial charge in [0.1, 0.15) is 0 Å². The molecule has 2 unspecified atom stereocenters. The van der Waals surface area contributed by atoms with Crippen LogP contribution in [0, 0.1) is 0 Å². The van der Waals surface area contributed by atoms with Crippen LogP contribution in [0.1, 0.15) is 32.6 Å². The highest BCUT2D eigenvalue weighted by atomic mass is 15.3. The molecule has 0 saturated carbocycles. The molecule has 1 aliphatic heterocycles. The molecule has 1 fully saturated rings. The van der Waals surface area contributed by atoms with E-state index in [0.717, 1.165) is 6.04 Å². The summed E-state index contributed by atoms with van der Waals surface area (Å²) in [5.41, 5.74) is 0. The van der Waals surface area contributed by atoms with Crippen LogP contribution in [0.25, 0.3) is 0 Å². The maximum absolute atomic E-state index is 3.47. The Bertz CT molecular complexity index is 184. The lowest BCUT2D eigenvalue weighted by Crippen LogP contribution is -2.51. The van der Waals surface area contributed by atoms with E-state index in [0.29, 0.717) is 6.04 Å². The molecule has 0 aromatic carbocycles. The molecule has 0 spiro atoms. The van der Waals surface area contributed by atoms with Gasteiger partial charge in [0.05, 0.1) is 0 Å². The van der Waals surface area contributed by atoms with Gasteiger partial charge in [-0.25, -0.2) is 0 Å². The summed E-state index contributed by atoms with van der Waals surface area (Å²) >= 11 is 0. The fraction of sp³-hybridized carbons (Fsp3) is 1.00. The van der Waals surface area contributed by atoms with Gasteiger partial charge in [0.2, 0.25) is 0 Å². The molecular weight excluding hydrogens is 198 g/mol. The second kappa shape index (κ2) is 7.25. The van der Waals surface area contributed by atoms with Crippen LogP contribution in [0.15, 0.2) is 0 Å². The Balaban J connectivity index is 2.36. The van der Waals surface area contributed by atoms with E-state index in [4.69, 9.17) is 0 Å². The minimum absolute atomic E-state index is 0.693. The molecule has 1 rings (SSSR count). The molecular formula is C13H29N3. The van der Waals surface area contributed by atoms with Crippen molar-refractivity contribution in [1.82, 2.24) is 15.1 Å². The lowest BCUT2D eigenvalue weighted by molar-refractivity contribution is 0.101. The molecule has 96 valence electrons. The average molecular weight is 227 g/mol. The molecule has 3 nitrogen and oxygen atoms in total. The van der Waals surface area contributed by atoms with Crippen LogP contribution in [-0.2, 0) is 0 Å². The van der Waals surface area contributed by atoms with E-state index < -0.39 is 0 Å². The smallest absolute Gasteiger partial charge is 0.0235 e. The van der Waals surface area contributed by atoms with Gasteiger partial charge in [-0.3, -0.25) is 0 Å². The summed E-state index contributed by atoms with van der Waals surface area (Å²) in [5, 5.41) is 3.47. The van der Waals surface area contributed by atoms with Gasteiger partial charge in [0, 0.05) is 31.7 Å². The summed E-state index contributed by atoms with van der Waals surface area (Å²) in [6.45, 7) is 5.92. The zero-order valence-electron chi connectivity index (χ0n) is 11.5. The topological polar surface area (TPSA) is 18.5 Å². The second-order valence-electron chi connectivity index (χ2n) is 5.26. The summed E-state index contributed by atoms with van der Waals surface area (Å²) in [6, 6.07) is 1.42. The molecule has 3 heteroatoms. The Kier molecular flexibility index (Phi) is 6.32. The highest BCUT2D eigenvalue weighted by molar-refractivity contribution is 4.82. The molecule has 0 radical (unpaired) electrons. The third-order valence-corrected chi connectivity index (χ3v) is 3.85. The first-order chi connectivity index (χ1) is 7.67. The quantitative estimate of drug-likeness (QED) is 0.740. The largest absolute Gasteiger partial charge is 0.317 e. The third-order valence-electron chi connectivity index (χ3n) is 3.85. The number of unbranched alkanes of at least 4 members (excludes halogenated alkanes) is 1. The molecule has 1 N–H and O–H groups in total. The van der Waals surface area contributed by atoms with Crippen LogP contribution in [-0.4, -0.2) is 62.7 Å². The number of rotatable bonds is 6. The molecule has 1 heterocycles. The van der Waals surface area contributed by atoms with Crippen molar-refractivity contribution in [1.29, 1.82) is 0 Å². The minimum atomic E-state index is 0.693.